The molecule has 1 aromatic carbocycles. The highest BCUT2D eigenvalue weighted by Crippen LogP contribution is 2.31. The fourth-order valence-corrected chi connectivity index (χ4v) is 3.99. The molecule has 0 unspecified atom stereocenters. The van der Waals surface area contributed by atoms with Crippen molar-refractivity contribution in [2.45, 2.75) is 19.7 Å². The molecule has 0 bridgehead atoms. The van der Waals surface area contributed by atoms with Crippen LogP contribution in [0.2, 0.25) is 0 Å². The number of halogens is 1. The number of benzene rings is 1. The van der Waals surface area contributed by atoms with Crippen LogP contribution in [0.15, 0.2) is 61.1 Å². The summed E-state index contributed by atoms with van der Waals surface area (Å²) in [6.45, 7) is 1.57. The predicted octanol–water partition coefficient (Wildman–Crippen LogP) is 3.41. The number of fused-ring (bicyclic) bond motifs is 3. The molecule has 4 aromatic heterocycles. The molecule has 0 atom stereocenters. The van der Waals surface area contributed by atoms with Crippen LogP contribution >= 0.6 is 0 Å². The Kier molecular flexibility index (Phi) is 4.79. The van der Waals surface area contributed by atoms with Crippen LogP contribution in [0.3, 0.4) is 0 Å². The van der Waals surface area contributed by atoms with Gasteiger partial charge in [0.1, 0.15) is 12.4 Å². The van der Waals surface area contributed by atoms with Gasteiger partial charge in [-0.25, -0.2) is 14.4 Å². The Bertz CT molecular complexity index is 1490. The first-order chi connectivity index (χ1) is 16.7. The first-order valence-electron chi connectivity index (χ1n) is 10.7. The zero-order chi connectivity index (χ0) is 23.1. The number of para-hydroxylation sites is 1. The second-order valence-electron chi connectivity index (χ2n) is 7.85. The average molecular weight is 457 g/mol. The third kappa shape index (κ3) is 3.56. The lowest BCUT2D eigenvalue weighted by Crippen LogP contribution is -2.18. The molecule has 170 valence electrons. The molecule has 34 heavy (non-hydrogen) atoms. The average Bonchev–Trinajstić information content (AvgIpc) is 3.57. The van der Waals surface area contributed by atoms with Gasteiger partial charge in [0.05, 0.1) is 17.6 Å². The van der Waals surface area contributed by atoms with Gasteiger partial charge in [0.2, 0.25) is 5.95 Å². The summed E-state index contributed by atoms with van der Waals surface area (Å²) in [5.41, 5.74) is 2.67. The van der Waals surface area contributed by atoms with E-state index in [1.807, 2.05) is 29.8 Å². The molecule has 0 saturated carbocycles. The third-order valence-electron chi connectivity index (χ3n) is 5.72. The lowest BCUT2D eigenvalue weighted by atomic mass is 10.2. The number of anilines is 2. The summed E-state index contributed by atoms with van der Waals surface area (Å²) in [4.78, 5) is 8.98. The summed E-state index contributed by atoms with van der Waals surface area (Å²) in [7, 11) is 1.85. The van der Waals surface area contributed by atoms with Crippen molar-refractivity contribution in [1.29, 1.82) is 0 Å². The van der Waals surface area contributed by atoms with Crippen LogP contribution in [0.5, 0.6) is 5.75 Å². The Morgan fingerprint density at radius 3 is 2.85 bits per heavy atom. The quantitative estimate of drug-likeness (QED) is 0.417. The fourth-order valence-electron chi connectivity index (χ4n) is 3.99. The van der Waals surface area contributed by atoms with Crippen molar-refractivity contribution in [2.24, 2.45) is 7.05 Å². The SMILES string of the molecule is Cn1nccc1Nc1nccc(-c2cc3n(c2)CCn2c(COc4ccccc4F)nnc2-3)n1. The third-order valence-corrected chi connectivity index (χ3v) is 5.72. The normalized spacial score (nSPS) is 12.3. The van der Waals surface area contributed by atoms with Crippen molar-refractivity contribution >= 4 is 11.8 Å². The molecular weight excluding hydrogens is 437 g/mol. The topological polar surface area (TPSA) is 100 Å². The van der Waals surface area contributed by atoms with E-state index in [9.17, 15) is 4.39 Å². The lowest BCUT2D eigenvalue weighted by molar-refractivity contribution is 0.273. The molecule has 1 N–H and O–H groups in total. The Morgan fingerprint density at radius 1 is 1.09 bits per heavy atom. The van der Waals surface area contributed by atoms with Gasteiger partial charge in [-0.3, -0.25) is 4.68 Å². The number of aryl methyl sites for hydroxylation is 2. The van der Waals surface area contributed by atoms with Gasteiger partial charge in [0.25, 0.3) is 0 Å². The number of hydrogen-bond acceptors (Lipinski definition) is 7. The molecule has 5 aromatic rings. The van der Waals surface area contributed by atoms with Crippen molar-refractivity contribution in [3.63, 3.8) is 0 Å². The van der Waals surface area contributed by atoms with E-state index >= 15 is 0 Å². The van der Waals surface area contributed by atoms with Crippen molar-refractivity contribution in [3.8, 4) is 28.5 Å². The second-order valence-corrected chi connectivity index (χ2v) is 7.85. The summed E-state index contributed by atoms with van der Waals surface area (Å²) < 4.78 is 25.4. The zero-order valence-electron chi connectivity index (χ0n) is 18.3. The van der Waals surface area contributed by atoms with Gasteiger partial charge in [-0.1, -0.05) is 12.1 Å². The van der Waals surface area contributed by atoms with Gasteiger partial charge in [-0.05, 0) is 24.3 Å². The van der Waals surface area contributed by atoms with Crippen molar-refractivity contribution in [2.75, 3.05) is 5.32 Å². The van der Waals surface area contributed by atoms with E-state index < -0.39 is 5.82 Å². The standard InChI is InChI=1S/C23H20FN9O/c1-31-20(7-9-26-31)28-23-25-8-6-17(27-23)15-12-18-22-30-29-21(33(22)11-10-32(18)13-15)14-34-19-5-3-2-4-16(19)24/h2-9,12-13H,10-11,14H2,1H3,(H,25,27,28). The number of nitrogens with one attached hydrogen (secondary N) is 1. The Morgan fingerprint density at radius 2 is 2.00 bits per heavy atom. The van der Waals surface area contributed by atoms with Crippen LogP contribution < -0.4 is 10.1 Å². The summed E-state index contributed by atoms with van der Waals surface area (Å²) in [6.07, 6.45) is 5.48. The first-order valence-corrected chi connectivity index (χ1v) is 10.7. The largest absolute Gasteiger partial charge is 0.483 e. The molecule has 0 spiro atoms. The van der Waals surface area contributed by atoms with Gasteiger partial charge < -0.3 is 19.2 Å². The van der Waals surface area contributed by atoms with E-state index in [1.165, 1.54) is 6.07 Å². The van der Waals surface area contributed by atoms with Crippen LogP contribution in [0.1, 0.15) is 5.82 Å². The van der Waals surface area contributed by atoms with Gasteiger partial charge in [0.15, 0.2) is 23.2 Å². The highest BCUT2D eigenvalue weighted by Gasteiger charge is 2.23. The molecule has 0 radical (unpaired) electrons. The van der Waals surface area contributed by atoms with Crippen LogP contribution in [0, 0.1) is 5.82 Å². The maximum atomic E-state index is 13.9. The molecule has 0 amide bonds. The maximum Gasteiger partial charge on any atom is 0.228 e. The van der Waals surface area contributed by atoms with E-state index in [0.29, 0.717) is 18.3 Å². The monoisotopic (exact) mass is 457 g/mol. The molecule has 1 aliphatic heterocycles. The number of rotatable bonds is 6. The molecule has 0 aliphatic carbocycles. The number of nitrogens with zero attached hydrogens (tertiary/aromatic N) is 8. The summed E-state index contributed by atoms with van der Waals surface area (Å²) in [6, 6.07) is 12.1. The van der Waals surface area contributed by atoms with Crippen molar-refractivity contribution in [1.82, 2.24) is 39.1 Å². The maximum absolute atomic E-state index is 13.9. The first kappa shape index (κ1) is 20.1. The summed E-state index contributed by atoms with van der Waals surface area (Å²) >= 11 is 0. The minimum Gasteiger partial charge on any atom is -0.483 e. The minimum atomic E-state index is -0.401. The summed E-state index contributed by atoms with van der Waals surface area (Å²) in [5, 5.41) is 16.0. The molecule has 6 rings (SSSR count). The summed E-state index contributed by atoms with van der Waals surface area (Å²) in [5.74, 6) is 2.47. The van der Waals surface area contributed by atoms with Gasteiger partial charge in [0, 0.05) is 44.2 Å². The Balaban J connectivity index is 1.25. The van der Waals surface area contributed by atoms with Crippen LogP contribution in [0.4, 0.5) is 16.2 Å². The molecular formula is C23H20FN9O. The second kappa shape index (κ2) is 8.10. The molecule has 0 saturated heterocycles. The van der Waals surface area contributed by atoms with Crippen LogP contribution in [-0.4, -0.2) is 39.1 Å². The van der Waals surface area contributed by atoms with Crippen LogP contribution in [-0.2, 0) is 26.7 Å². The minimum absolute atomic E-state index is 0.135. The number of ether oxygens (including phenoxy) is 1. The van der Waals surface area contributed by atoms with Gasteiger partial charge in [-0.2, -0.15) is 5.10 Å². The highest BCUT2D eigenvalue weighted by atomic mass is 19.1. The van der Waals surface area contributed by atoms with E-state index in [4.69, 9.17) is 4.74 Å². The van der Waals surface area contributed by atoms with Gasteiger partial charge >= 0.3 is 0 Å². The zero-order valence-corrected chi connectivity index (χ0v) is 18.3. The van der Waals surface area contributed by atoms with E-state index in [1.54, 1.807) is 35.3 Å². The number of hydrogen-bond donors (Lipinski definition) is 1. The fraction of sp³-hybridized carbons (Fsp3) is 0.174. The Hall–Kier alpha value is -4.54. The van der Waals surface area contributed by atoms with Gasteiger partial charge in [-0.15, -0.1) is 10.2 Å². The molecule has 5 heterocycles. The smallest absolute Gasteiger partial charge is 0.228 e. The van der Waals surface area contributed by atoms with Crippen molar-refractivity contribution < 1.29 is 9.13 Å². The van der Waals surface area contributed by atoms with Crippen LogP contribution in [0.25, 0.3) is 22.8 Å². The number of aromatic nitrogens is 8. The molecule has 1 aliphatic rings. The Labute approximate surface area is 193 Å². The van der Waals surface area contributed by atoms with E-state index in [-0.39, 0.29) is 12.4 Å². The van der Waals surface area contributed by atoms with Crippen molar-refractivity contribution in [3.05, 3.63) is 72.7 Å². The van der Waals surface area contributed by atoms with E-state index in [0.717, 1.165) is 35.1 Å². The molecule has 11 heteroatoms. The predicted molar refractivity (Wildman–Crippen MR) is 122 cm³/mol. The van der Waals surface area contributed by atoms with E-state index in [2.05, 4.69) is 41.3 Å². The molecule has 0 fully saturated rings. The lowest BCUT2D eigenvalue weighted by Gasteiger charge is -2.18. The highest BCUT2D eigenvalue weighted by molar-refractivity contribution is 5.68. The molecule has 10 nitrogen and oxygen atoms in total.